The summed E-state index contributed by atoms with van der Waals surface area (Å²) in [5, 5.41) is 8.61. The van der Waals surface area contributed by atoms with Crippen LogP contribution in [0.15, 0.2) is 29.4 Å². The van der Waals surface area contributed by atoms with Gasteiger partial charge in [-0.2, -0.15) is 5.10 Å². The van der Waals surface area contributed by atoms with Gasteiger partial charge in [0.05, 0.1) is 18.9 Å². The van der Waals surface area contributed by atoms with E-state index in [4.69, 9.17) is 28.6 Å². The minimum Gasteiger partial charge on any atom is -0.379 e. The molecule has 0 spiro atoms. The molecule has 7 heteroatoms. The van der Waals surface area contributed by atoms with Crippen molar-refractivity contribution in [2.24, 2.45) is 5.10 Å². The summed E-state index contributed by atoms with van der Waals surface area (Å²) in [7, 11) is 0. The second kappa shape index (κ2) is 9.05. The minimum atomic E-state index is 0.514. The van der Waals surface area contributed by atoms with E-state index >= 15 is 0 Å². The molecule has 0 saturated carbocycles. The smallest absolute Gasteiger partial charge is 0.187 e. The Labute approximate surface area is 141 Å². The van der Waals surface area contributed by atoms with Crippen LogP contribution in [0.25, 0.3) is 0 Å². The van der Waals surface area contributed by atoms with Crippen molar-refractivity contribution in [3.05, 3.63) is 34.9 Å². The van der Waals surface area contributed by atoms with Crippen molar-refractivity contribution in [3.63, 3.8) is 0 Å². The van der Waals surface area contributed by atoms with E-state index in [2.05, 4.69) is 20.7 Å². The monoisotopic (exact) mass is 340 g/mol. The number of nitrogens with one attached hydrogen (secondary N) is 2. The van der Waals surface area contributed by atoms with E-state index in [9.17, 15) is 0 Å². The van der Waals surface area contributed by atoms with Crippen molar-refractivity contribution in [1.29, 1.82) is 0 Å². The molecule has 120 valence electrons. The van der Waals surface area contributed by atoms with E-state index in [0.717, 1.165) is 50.7 Å². The quantitative estimate of drug-likeness (QED) is 0.487. The van der Waals surface area contributed by atoms with Crippen molar-refractivity contribution < 1.29 is 4.74 Å². The standard InChI is InChI=1S/C15H21ClN4OS/c1-12(13-4-2-3-5-14(13)16)18-19-15(22)17-6-7-20-8-10-21-11-9-20/h2-5H,6-11H2,1H3,(H2,17,19,22)/b18-12+. The van der Waals surface area contributed by atoms with Gasteiger partial charge in [-0.25, -0.2) is 0 Å². The van der Waals surface area contributed by atoms with Crippen LogP contribution in [-0.2, 0) is 4.74 Å². The van der Waals surface area contributed by atoms with Gasteiger partial charge in [-0.1, -0.05) is 29.8 Å². The van der Waals surface area contributed by atoms with E-state index in [1.807, 2.05) is 31.2 Å². The van der Waals surface area contributed by atoms with Gasteiger partial charge >= 0.3 is 0 Å². The average Bonchev–Trinajstić information content (AvgIpc) is 2.54. The normalized spacial score (nSPS) is 16.4. The Balaban J connectivity index is 1.72. The fraction of sp³-hybridized carbons (Fsp3) is 0.467. The lowest BCUT2D eigenvalue weighted by Crippen LogP contribution is -2.42. The second-order valence-corrected chi connectivity index (χ2v) is 5.81. The van der Waals surface area contributed by atoms with Gasteiger partial charge in [-0.15, -0.1) is 0 Å². The molecule has 1 heterocycles. The molecule has 1 fully saturated rings. The fourth-order valence-electron chi connectivity index (χ4n) is 2.14. The Morgan fingerprint density at radius 2 is 2.09 bits per heavy atom. The zero-order valence-electron chi connectivity index (χ0n) is 12.6. The lowest BCUT2D eigenvalue weighted by Gasteiger charge is -2.26. The lowest BCUT2D eigenvalue weighted by molar-refractivity contribution is 0.0389. The maximum atomic E-state index is 6.13. The van der Waals surface area contributed by atoms with Crippen LogP contribution in [0.2, 0.25) is 5.02 Å². The first-order valence-corrected chi connectivity index (χ1v) is 8.08. The molecule has 1 aliphatic rings. The Hall–Kier alpha value is -1.21. The molecule has 2 N–H and O–H groups in total. The molecule has 1 aliphatic heterocycles. The summed E-state index contributed by atoms with van der Waals surface area (Å²) in [6.07, 6.45) is 0. The number of morpholine rings is 1. The zero-order valence-corrected chi connectivity index (χ0v) is 14.2. The molecule has 1 aromatic rings. The molecule has 0 radical (unpaired) electrons. The molecule has 22 heavy (non-hydrogen) atoms. The molecule has 0 aliphatic carbocycles. The second-order valence-electron chi connectivity index (χ2n) is 5.00. The highest BCUT2D eigenvalue weighted by molar-refractivity contribution is 7.80. The SMILES string of the molecule is C/C(=N\NC(=S)NCCN1CCOCC1)c1ccccc1Cl. The van der Waals surface area contributed by atoms with Crippen LogP contribution >= 0.6 is 23.8 Å². The number of nitrogens with zero attached hydrogens (tertiary/aromatic N) is 2. The summed E-state index contributed by atoms with van der Waals surface area (Å²) in [4.78, 5) is 2.34. The van der Waals surface area contributed by atoms with E-state index in [-0.39, 0.29) is 0 Å². The number of benzene rings is 1. The highest BCUT2D eigenvalue weighted by Gasteiger charge is 2.09. The minimum absolute atomic E-state index is 0.514. The molecule has 5 nitrogen and oxygen atoms in total. The van der Waals surface area contributed by atoms with Crippen LogP contribution in [-0.4, -0.2) is 55.1 Å². The van der Waals surface area contributed by atoms with Crippen molar-refractivity contribution in [3.8, 4) is 0 Å². The summed E-state index contributed by atoms with van der Waals surface area (Å²) in [6.45, 7) is 7.20. The summed E-state index contributed by atoms with van der Waals surface area (Å²) in [5.74, 6) is 0. The maximum Gasteiger partial charge on any atom is 0.187 e. The average molecular weight is 341 g/mol. The van der Waals surface area contributed by atoms with Crippen LogP contribution < -0.4 is 10.7 Å². The molecule has 1 saturated heterocycles. The third kappa shape index (κ3) is 5.53. The first kappa shape index (κ1) is 17.1. The molecular weight excluding hydrogens is 320 g/mol. The number of halogens is 1. The first-order valence-electron chi connectivity index (χ1n) is 7.30. The summed E-state index contributed by atoms with van der Waals surface area (Å²) in [6, 6.07) is 7.59. The third-order valence-electron chi connectivity index (χ3n) is 3.41. The maximum absolute atomic E-state index is 6.13. The van der Waals surface area contributed by atoms with Gasteiger partial charge in [0.25, 0.3) is 0 Å². The molecule has 0 bridgehead atoms. The molecule has 2 rings (SSSR count). The molecule has 0 amide bonds. The lowest BCUT2D eigenvalue weighted by atomic mass is 10.1. The molecule has 0 unspecified atom stereocenters. The van der Waals surface area contributed by atoms with E-state index in [1.165, 1.54) is 0 Å². The van der Waals surface area contributed by atoms with Crippen LogP contribution in [0.5, 0.6) is 0 Å². The number of hydrogen-bond donors (Lipinski definition) is 2. The molecule has 1 aromatic carbocycles. The van der Waals surface area contributed by atoms with Crippen molar-refractivity contribution in [2.45, 2.75) is 6.92 Å². The topological polar surface area (TPSA) is 48.9 Å². The van der Waals surface area contributed by atoms with Crippen molar-refractivity contribution >= 4 is 34.6 Å². The van der Waals surface area contributed by atoms with Crippen LogP contribution in [0, 0.1) is 0 Å². The fourth-order valence-corrected chi connectivity index (χ4v) is 2.56. The Bertz CT molecular complexity index is 532. The van der Waals surface area contributed by atoms with Gasteiger partial charge in [-0.05, 0) is 25.2 Å². The first-order chi connectivity index (χ1) is 10.7. The third-order valence-corrected chi connectivity index (χ3v) is 3.97. The van der Waals surface area contributed by atoms with Crippen LogP contribution in [0.3, 0.4) is 0 Å². The summed E-state index contributed by atoms with van der Waals surface area (Å²) >= 11 is 11.3. The number of hydrogen-bond acceptors (Lipinski definition) is 4. The molecule has 0 atom stereocenters. The van der Waals surface area contributed by atoms with Gasteiger partial charge in [-0.3, -0.25) is 10.3 Å². The van der Waals surface area contributed by atoms with Crippen molar-refractivity contribution in [2.75, 3.05) is 39.4 Å². The van der Waals surface area contributed by atoms with E-state index < -0.39 is 0 Å². The van der Waals surface area contributed by atoms with Gasteiger partial charge in [0, 0.05) is 36.8 Å². The van der Waals surface area contributed by atoms with Crippen LogP contribution in [0.4, 0.5) is 0 Å². The highest BCUT2D eigenvalue weighted by Crippen LogP contribution is 2.15. The Morgan fingerprint density at radius 3 is 2.82 bits per heavy atom. The van der Waals surface area contributed by atoms with E-state index in [1.54, 1.807) is 0 Å². The highest BCUT2D eigenvalue weighted by atomic mass is 35.5. The number of hydrazone groups is 1. The predicted molar refractivity (Wildman–Crippen MR) is 94.7 cm³/mol. The van der Waals surface area contributed by atoms with Gasteiger partial charge in [0.2, 0.25) is 0 Å². The summed E-state index contributed by atoms with van der Waals surface area (Å²) < 4.78 is 5.31. The van der Waals surface area contributed by atoms with Gasteiger partial charge in [0.1, 0.15) is 0 Å². The molecular formula is C15H21ClN4OS. The van der Waals surface area contributed by atoms with Crippen LogP contribution in [0.1, 0.15) is 12.5 Å². The number of ether oxygens (including phenoxy) is 1. The Kier molecular flexibility index (Phi) is 7.05. The summed E-state index contributed by atoms with van der Waals surface area (Å²) in [5.41, 5.74) is 4.54. The number of rotatable bonds is 5. The number of thiocarbonyl (C=S) groups is 1. The Morgan fingerprint density at radius 1 is 1.36 bits per heavy atom. The van der Waals surface area contributed by atoms with Gasteiger partial charge in [0.15, 0.2) is 5.11 Å². The molecule has 0 aromatic heterocycles. The van der Waals surface area contributed by atoms with Gasteiger partial charge < -0.3 is 10.1 Å². The zero-order chi connectivity index (χ0) is 15.8. The largest absolute Gasteiger partial charge is 0.379 e. The van der Waals surface area contributed by atoms with E-state index in [0.29, 0.717) is 10.1 Å². The predicted octanol–water partition coefficient (Wildman–Crippen LogP) is 1.86. The van der Waals surface area contributed by atoms with Crippen molar-refractivity contribution in [1.82, 2.24) is 15.6 Å².